The van der Waals surface area contributed by atoms with Crippen LogP contribution in [0.1, 0.15) is 63.5 Å². The van der Waals surface area contributed by atoms with Gasteiger partial charge in [-0.15, -0.1) is 0 Å². The highest BCUT2D eigenvalue weighted by Crippen LogP contribution is 2.41. The molecule has 0 saturated heterocycles. The summed E-state index contributed by atoms with van der Waals surface area (Å²) in [6.07, 6.45) is -1.61. The van der Waals surface area contributed by atoms with Gasteiger partial charge < -0.3 is 10.6 Å². The average molecular weight is 475 g/mol. The number of nitrogen functional groups attached to an aromatic ring is 1. The van der Waals surface area contributed by atoms with Crippen LogP contribution in [0.5, 0.6) is 0 Å². The molecule has 0 atom stereocenters. The van der Waals surface area contributed by atoms with Crippen molar-refractivity contribution in [1.82, 2.24) is 24.9 Å². The lowest BCUT2D eigenvalue weighted by atomic mass is 9.86. The zero-order valence-electron chi connectivity index (χ0n) is 17.6. The summed E-state index contributed by atoms with van der Waals surface area (Å²) in [6.45, 7) is 0. The second-order valence-electron chi connectivity index (χ2n) is 8.53. The third kappa shape index (κ3) is 5.44. The van der Waals surface area contributed by atoms with Gasteiger partial charge >= 0.3 is 0 Å². The number of hydrogen-bond acceptors (Lipinski definition) is 7. The third-order valence-corrected chi connectivity index (χ3v) is 6.14. The lowest BCUT2D eigenvalue weighted by Crippen LogP contribution is -2.50. The second kappa shape index (κ2) is 8.90. The van der Waals surface area contributed by atoms with Gasteiger partial charge in [-0.1, -0.05) is 0 Å². The van der Waals surface area contributed by atoms with Crippen LogP contribution >= 0.6 is 0 Å². The molecule has 0 amide bonds. The molecule has 7 nitrogen and oxygen atoms in total. The lowest BCUT2D eigenvalue weighted by Gasteiger charge is -2.43. The largest absolute Gasteiger partial charge is 0.368 e. The van der Waals surface area contributed by atoms with Crippen LogP contribution in [0.25, 0.3) is 11.5 Å². The van der Waals surface area contributed by atoms with Gasteiger partial charge in [0.2, 0.25) is 23.7 Å². The van der Waals surface area contributed by atoms with Crippen LogP contribution in [-0.4, -0.2) is 48.8 Å². The van der Waals surface area contributed by atoms with Crippen LogP contribution in [0.2, 0.25) is 0 Å². The fourth-order valence-electron chi connectivity index (χ4n) is 4.44. The number of hydrogen-bond donors (Lipinski definition) is 1. The summed E-state index contributed by atoms with van der Waals surface area (Å²) in [5.41, 5.74) is 5.22. The van der Waals surface area contributed by atoms with Crippen LogP contribution in [0, 0.1) is 0 Å². The van der Waals surface area contributed by atoms with Gasteiger partial charge in [-0.25, -0.2) is 31.3 Å². The Bertz CT molecular complexity index is 941. The van der Waals surface area contributed by atoms with E-state index in [1.165, 1.54) is 6.20 Å². The van der Waals surface area contributed by atoms with Gasteiger partial charge in [-0.05, 0) is 25.7 Å². The molecule has 2 N–H and O–H groups in total. The van der Waals surface area contributed by atoms with Crippen molar-refractivity contribution in [2.75, 3.05) is 10.6 Å². The van der Waals surface area contributed by atoms with E-state index >= 15 is 0 Å². The molecule has 0 aliphatic heterocycles. The van der Waals surface area contributed by atoms with Crippen molar-refractivity contribution < 1.29 is 26.3 Å². The normalized spacial score (nSPS) is 21.3. The summed E-state index contributed by atoms with van der Waals surface area (Å²) in [4.78, 5) is 21.7. The molecule has 33 heavy (non-hydrogen) atoms. The average Bonchev–Trinajstić information content (AvgIpc) is 2.76. The minimum Gasteiger partial charge on any atom is -0.368 e. The molecule has 2 heterocycles. The van der Waals surface area contributed by atoms with E-state index in [1.54, 1.807) is 4.90 Å². The zero-order valence-corrected chi connectivity index (χ0v) is 17.6. The monoisotopic (exact) mass is 475 g/mol. The van der Waals surface area contributed by atoms with Gasteiger partial charge in [0.1, 0.15) is 11.4 Å². The molecule has 0 spiro atoms. The standard InChI is InChI=1S/C20H23F6N7/c21-15(22)13-9-28-10-14(29-13)16-30-17(27)32-18(31-16)33(11-1-5-19(23,24)6-2-11)12-3-7-20(25,26)8-4-12/h9-12,15H,1-8H2,(H2,27,30,31,32). The SMILES string of the molecule is Nc1nc(-c2cncc(C(F)F)n2)nc(N(C2CCC(F)(F)CC2)C2CCC(F)(F)CC2)n1. The Balaban J connectivity index is 1.70. The highest BCUT2D eigenvalue weighted by atomic mass is 19.3. The molecule has 0 aromatic carbocycles. The van der Waals surface area contributed by atoms with Crippen LogP contribution in [0.3, 0.4) is 0 Å². The molecule has 2 saturated carbocycles. The van der Waals surface area contributed by atoms with Crippen LogP contribution in [0.4, 0.5) is 38.2 Å². The predicted molar refractivity (Wildman–Crippen MR) is 107 cm³/mol. The Kier molecular flexibility index (Phi) is 6.32. The highest BCUT2D eigenvalue weighted by Gasteiger charge is 2.43. The Hall–Kier alpha value is -2.73. The van der Waals surface area contributed by atoms with Gasteiger partial charge in [-0.2, -0.15) is 15.0 Å². The third-order valence-electron chi connectivity index (χ3n) is 6.14. The van der Waals surface area contributed by atoms with Gasteiger partial charge in [-0.3, -0.25) is 4.98 Å². The quantitative estimate of drug-likeness (QED) is 0.621. The first kappa shape index (κ1) is 23.4. The number of nitrogens with zero attached hydrogens (tertiary/aromatic N) is 6. The number of halogens is 6. The Morgan fingerprint density at radius 2 is 1.36 bits per heavy atom. The molecule has 2 aliphatic carbocycles. The first-order valence-corrected chi connectivity index (χ1v) is 10.7. The maximum atomic E-state index is 13.8. The molecule has 2 aromatic heterocycles. The smallest absolute Gasteiger partial charge is 0.281 e. The fraction of sp³-hybridized carbons (Fsp3) is 0.650. The van der Waals surface area contributed by atoms with Crippen molar-refractivity contribution in [2.45, 2.75) is 81.7 Å². The maximum absolute atomic E-state index is 13.8. The minimum absolute atomic E-state index is 0.0344. The zero-order chi connectivity index (χ0) is 23.8. The number of alkyl halides is 6. The van der Waals surface area contributed by atoms with E-state index in [4.69, 9.17) is 5.73 Å². The van der Waals surface area contributed by atoms with Gasteiger partial charge in [0, 0.05) is 37.8 Å². The van der Waals surface area contributed by atoms with Crippen molar-refractivity contribution >= 4 is 11.9 Å². The molecular weight excluding hydrogens is 452 g/mol. The van der Waals surface area contributed by atoms with E-state index in [9.17, 15) is 26.3 Å². The number of nitrogens with two attached hydrogens (primary N) is 1. The Morgan fingerprint density at radius 1 is 0.818 bits per heavy atom. The van der Waals surface area contributed by atoms with E-state index in [0.29, 0.717) is 0 Å². The minimum atomic E-state index is -2.86. The van der Waals surface area contributed by atoms with Crippen molar-refractivity contribution in [3.63, 3.8) is 0 Å². The van der Waals surface area contributed by atoms with Gasteiger partial charge in [0.05, 0.1) is 12.4 Å². The summed E-state index contributed by atoms with van der Waals surface area (Å²) >= 11 is 0. The van der Waals surface area contributed by atoms with E-state index < -0.39 is 36.0 Å². The first-order valence-electron chi connectivity index (χ1n) is 10.7. The van der Waals surface area contributed by atoms with E-state index in [2.05, 4.69) is 24.9 Å². The highest BCUT2D eigenvalue weighted by molar-refractivity contribution is 5.53. The molecule has 0 unspecified atom stereocenters. The molecule has 2 aromatic rings. The fourth-order valence-corrected chi connectivity index (χ4v) is 4.44. The Labute approximate surface area is 185 Å². The molecule has 0 radical (unpaired) electrons. The van der Waals surface area contributed by atoms with Crippen molar-refractivity contribution in [3.8, 4) is 11.5 Å². The molecule has 13 heteroatoms. The lowest BCUT2D eigenvalue weighted by molar-refractivity contribution is -0.0459. The van der Waals surface area contributed by atoms with Crippen molar-refractivity contribution in [1.29, 1.82) is 0 Å². The van der Waals surface area contributed by atoms with E-state index in [-0.39, 0.29) is 74.8 Å². The van der Waals surface area contributed by atoms with Crippen LogP contribution in [-0.2, 0) is 0 Å². The van der Waals surface area contributed by atoms with Crippen molar-refractivity contribution in [2.24, 2.45) is 0 Å². The predicted octanol–water partition coefficient (Wildman–Crippen LogP) is 4.81. The molecule has 180 valence electrons. The van der Waals surface area contributed by atoms with Crippen molar-refractivity contribution in [3.05, 3.63) is 18.1 Å². The van der Waals surface area contributed by atoms with Crippen LogP contribution < -0.4 is 10.6 Å². The molecule has 2 fully saturated rings. The molecular formula is C20H23F6N7. The van der Waals surface area contributed by atoms with E-state index in [1.807, 2.05) is 0 Å². The summed E-state index contributed by atoms with van der Waals surface area (Å²) in [5.74, 6) is -5.87. The summed E-state index contributed by atoms with van der Waals surface area (Å²) in [5, 5.41) is 0. The molecule has 2 aliphatic rings. The molecule has 0 bridgehead atoms. The summed E-state index contributed by atoms with van der Waals surface area (Å²) < 4.78 is 81.2. The van der Waals surface area contributed by atoms with Crippen LogP contribution in [0.15, 0.2) is 12.4 Å². The topological polar surface area (TPSA) is 93.7 Å². The summed E-state index contributed by atoms with van der Waals surface area (Å²) in [6, 6.07) is -0.816. The second-order valence-corrected chi connectivity index (χ2v) is 8.53. The number of anilines is 2. The molecule has 4 rings (SSSR count). The van der Waals surface area contributed by atoms with E-state index in [0.717, 1.165) is 6.20 Å². The van der Waals surface area contributed by atoms with Gasteiger partial charge in [0.15, 0.2) is 5.82 Å². The number of rotatable bonds is 5. The Morgan fingerprint density at radius 3 is 1.88 bits per heavy atom. The summed E-state index contributed by atoms with van der Waals surface area (Å²) in [7, 11) is 0. The van der Waals surface area contributed by atoms with Gasteiger partial charge in [0.25, 0.3) is 6.43 Å². The maximum Gasteiger partial charge on any atom is 0.281 e. The number of aromatic nitrogens is 5. The first-order chi connectivity index (χ1) is 15.5.